The van der Waals surface area contributed by atoms with Gasteiger partial charge >= 0.3 is 0 Å². The summed E-state index contributed by atoms with van der Waals surface area (Å²) >= 11 is 0. The van der Waals surface area contributed by atoms with Crippen molar-refractivity contribution in [1.29, 1.82) is 0 Å². The van der Waals surface area contributed by atoms with Crippen LogP contribution in [0, 0.1) is 11.6 Å². The molecule has 0 heterocycles. The summed E-state index contributed by atoms with van der Waals surface area (Å²) in [6.45, 7) is 4.87. The summed E-state index contributed by atoms with van der Waals surface area (Å²) < 4.78 is 35.4. The van der Waals surface area contributed by atoms with Gasteiger partial charge in [-0.25, -0.2) is 4.39 Å². The first kappa shape index (κ1) is 36.4. The molecule has 4 rings (SSSR count). The topological polar surface area (TPSA) is 9.23 Å². The van der Waals surface area contributed by atoms with Crippen LogP contribution in [-0.4, -0.2) is 6.61 Å². The van der Waals surface area contributed by atoms with Crippen molar-refractivity contribution in [3.63, 3.8) is 0 Å². The van der Waals surface area contributed by atoms with Crippen LogP contribution in [0.15, 0.2) is 84.9 Å². The molecule has 0 aliphatic rings. The standard InChI is InChI=1S/C44H56F2O/c1-3-5-7-9-11-12-13-14-15-17-19-35-20-22-36(23-21-35)37-24-26-38(27-25-37)39-28-30-40(31-29-39)41-32-33-42(44(46)43(41)45)47-34-18-16-10-8-6-4-2/h20-33H,3-19,34H2,1-2H3. The van der Waals surface area contributed by atoms with Crippen molar-refractivity contribution in [2.24, 2.45) is 0 Å². The highest BCUT2D eigenvalue weighted by Gasteiger charge is 2.16. The van der Waals surface area contributed by atoms with E-state index in [0.29, 0.717) is 12.2 Å². The van der Waals surface area contributed by atoms with Crippen molar-refractivity contribution in [1.82, 2.24) is 0 Å². The van der Waals surface area contributed by atoms with Gasteiger partial charge in [0.1, 0.15) is 0 Å². The van der Waals surface area contributed by atoms with Crippen LogP contribution in [0.2, 0.25) is 0 Å². The molecule has 4 aromatic rings. The third-order valence-corrected chi connectivity index (χ3v) is 9.32. The lowest BCUT2D eigenvalue weighted by atomic mass is 9.97. The molecule has 47 heavy (non-hydrogen) atoms. The van der Waals surface area contributed by atoms with Crippen molar-refractivity contribution in [3.05, 3.63) is 102 Å². The maximum absolute atomic E-state index is 15.0. The normalized spacial score (nSPS) is 11.2. The second-order valence-corrected chi connectivity index (χ2v) is 13.1. The molecule has 0 unspecified atom stereocenters. The van der Waals surface area contributed by atoms with Gasteiger partial charge < -0.3 is 4.74 Å². The zero-order chi connectivity index (χ0) is 33.1. The molecule has 0 aromatic heterocycles. The largest absolute Gasteiger partial charge is 0.490 e. The van der Waals surface area contributed by atoms with Gasteiger partial charge in [0.2, 0.25) is 5.82 Å². The molecule has 0 saturated carbocycles. The van der Waals surface area contributed by atoms with Gasteiger partial charge in [-0.2, -0.15) is 4.39 Å². The molecule has 0 saturated heterocycles. The number of hydrogen-bond donors (Lipinski definition) is 0. The molecule has 0 amide bonds. The van der Waals surface area contributed by atoms with Crippen LogP contribution in [0.4, 0.5) is 8.78 Å². The number of aryl methyl sites for hydroxylation is 1. The molecular formula is C44H56F2O. The highest BCUT2D eigenvalue weighted by atomic mass is 19.2. The fourth-order valence-electron chi connectivity index (χ4n) is 6.31. The molecule has 0 aliphatic carbocycles. The fourth-order valence-corrected chi connectivity index (χ4v) is 6.31. The molecule has 4 aromatic carbocycles. The maximum Gasteiger partial charge on any atom is 0.201 e. The summed E-state index contributed by atoms with van der Waals surface area (Å²) in [5, 5.41) is 0. The van der Waals surface area contributed by atoms with Gasteiger partial charge in [-0.3, -0.25) is 0 Å². The zero-order valence-corrected chi connectivity index (χ0v) is 29.0. The number of rotatable bonds is 22. The van der Waals surface area contributed by atoms with Gasteiger partial charge in [-0.15, -0.1) is 0 Å². The predicted molar refractivity (Wildman–Crippen MR) is 197 cm³/mol. The molecule has 1 nitrogen and oxygen atoms in total. The molecule has 0 aliphatic heterocycles. The van der Waals surface area contributed by atoms with Gasteiger partial charge in [0.15, 0.2) is 11.6 Å². The number of hydrogen-bond acceptors (Lipinski definition) is 1. The van der Waals surface area contributed by atoms with Crippen LogP contribution >= 0.6 is 0 Å². The molecular weight excluding hydrogens is 582 g/mol. The SMILES string of the molecule is CCCCCCCCCCCCc1ccc(-c2ccc(-c3ccc(-c4ccc(OCCCCCCCC)c(F)c4F)cc3)cc2)cc1. The summed E-state index contributed by atoms with van der Waals surface area (Å²) in [6.07, 6.45) is 21.5. The highest BCUT2D eigenvalue weighted by molar-refractivity contribution is 5.73. The van der Waals surface area contributed by atoms with Crippen LogP contribution in [0.5, 0.6) is 5.75 Å². The maximum atomic E-state index is 15.0. The third-order valence-electron chi connectivity index (χ3n) is 9.32. The van der Waals surface area contributed by atoms with Gasteiger partial charge in [0, 0.05) is 5.56 Å². The lowest BCUT2D eigenvalue weighted by molar-refractivity contribution is 0.285. The second kappa shape index (κ2) is 20.7. The van der Waals surface area contributed by atoms with Crippen LogP contribution in [0.25, 0.3) is 33.4 Å². The molecule has 252 valence electrons. The summed E-state index contributed by atoms with van der Waals surface area (Å²) in [5.74, 6) is -1.79. The van der Waals surface area contributed by atoms with E-state index in [9.17, 15) is 4.39 Å². The quantitative estimate of drug-likeness (QED) is 0.0778. The average molecular weight is 639 g/mol. The van der Waals surface area contributed by atoms with E-state index in [4.69, 9.17) is 4.74 Å². The van der Waals surface area contributed by atoms with Crippen molar-refractivity contribution in [2.75, 3.05) is 6.61 Å². The molecule has 0 atom stereocenters. The van der Waals surface area contributed by atoms with Crippen molar-refractivity contribution in [3.8, 4) is 39.1 Å². The lowest BCUT2D eigenvalue weighted by Gasteiger charge is -2.11. The van der Waals surface area contributed by atoms with E-state index in [1.165, 1.54) is 100 Å². The first-order valence-corrected chi connectivity index (χ1v) is 18.5. The Morgan fingerprint density at radius 1 is 0.404 bits per heavy atom. The van der Waals surface area contributed by atoms with E-state index in [1.807, 2.05) is 24.3 Å². The Balaban J connectivity index is 1.23. The minimum absolute atomic E-state index is 0.0137. The summed E-state index contributed by atoms with van der Waals surface area (Å²) in [5.41, 5.74) is 6.82. The summed E-state index contributed by atoms with van der Waals surface area (Å²) in [6, 6.07) is 28.3. The first-order chi connectivity index (χ1) is 23.1. The zero-order valence-electron chi connectivity index (χ0n) is 29.0. The Labute approximate surface area is 283 Å². The Hall–Kier alpha value is -3.46. The second-order valence-electron chi connectivity index (χ2n) is 13.1. The Morgan fingerprint density at radius 3 is 1.30 bits per heavy atom. The summed E-state index contributed by atoms with van der Waals surface area (Å²) in [4.78, 5) is 0. The number of benzene rings is 4. The number of halogens is 2. The van der Waals surface area contributed by atoms with Crippen LogP contribution < -0.4 is 4.74 Å². The molecule has 0 N–H and O–H groups in total. The summed E-state index contributed by atoms with van der Waals surface area (Å²) in [7, 11) is 0. The Morgan fingerprint density at radius 2 is 0.809 bits per heavy atom. The number of unbranched alkanes of at least 4 members (excludes halogenated alkanes) is 14. The molecule has 0 spiro atoms. The average Bonchev–Trinajstić information content (AvgIpc) is 3.11. The highest BCUT2D eigenvalue weighted by Crippen LogP contribution is 2.32. The number of ether oxygens (including phenoxy) is 1. The van der Waals surface area contributed by atoms with E-state index in [-0.39, 0.29) is 11.3 Å². The molecule has 0 fully saturated rings. The van der Waals surface area contributed by atoms with E-state index in [0.717, 1.165) is 36.8 Å². The van der Waals surface area contributed by atoms with Crippen LogP contribution in [0.1, 0.15) is 122 Å². The minimum Gasteiger partial charge on any atom is -0.490 e. The van der Waals surface area contributed by atoms with Gasteiger partial charge in [0.25, 0.3) is 0 Å². The van der Waals surface area contributed by atoms with Crippen LogP contribution in [-0.2, 0) is 6.42 Å². The smallest absolute Gasteiger partial charge is 0.201 e. The third kappa shape index (κ3) is 11.9. The fraction of sp³-hybridized carbons (Fsp3) is 0.455. The van der Waals surface area contributed by atoms with Gasteiger partial charge in [0.05, 0.1) is 6.61 Å². The van der Waals surface area contributed by atoms with Crippen molar-refractivity contribution >= 4 is 0 Å². The predicted octanol–water partition coefficient (Wildman–Crippen LogP) is 14.2. The van der Waals surface area contributed by atoms with Crippen LogP contribution in [0.3, 0.4) is 0 Å². The van der Waals surface area contributed by atoms with Crippen molar-refractivity contribution in [2.45, 2.75) is 123 Å². The lowest BCUT2D eigenvalue weighted by Crippen LogP contribution is -2.01. The van der Waals surface area contributed by atoms with Gasteiger partial charge in [-0.1, -0.05) is 177 Å². The molecule has 0 bridgehead atoms. The van der Waals surface area contributed by atoms with E-state index >= 15 is 4.39 Å². The van der Waals surface area contributed by atoms with E-state index in [1.54, 1.807) is 12.1 Å². The first-order valence-electron chi connectivity index (χ1n) is 18.5. The minimum atomic E-state index is -0.917. The molecule has 3 heteroatoms. The Kier molecular flexibility index (Phi) is 16.0. The monoisotopic (exact) mass is 638 g/mol. The van der Waals surface area contributed by atoms with Gasteiger partial charge in [-0.05, 0) is 64.8 Å². The van der Waals surface area contributed by atoms with Crippen molar-refractivity contribution < 1.29 is 13.5 Å². The Bertz CT molecular complexity index is 1420. The van der Waals surface area contributed by atoms with E-state index in [2.05, 4.69) is 62.4 Å². The molecule has 0 radical (unpaired) electrons. The van der Waals surface area contributed by atoms with E-state index < -0.39 is 11.6 Å².